The highest BCUT2D eigenvalue weighted by Gasteiger charge is 2.15. The lowest BCUT2D eigenvalue weighted by Crippen LogP contribution is -2.37. The van der Waals surface area contributed by atoms with Gasteiger partial charge in [-0.1, -0.05) is 6.07 Å². The van der Waals surface area contributed by atoms with Gasteiger partial charge in [-0.05, 0) is 17.7 Å². The third-order valence-electron chi connectivity index (χ3n) is 2.37. The van der Waals surface area contributed by atoms with Crippen molar-refractivity contribution in [1.82, 2.24) is 9.88 Å². The number of oxazole rings is 1. The molecular weight excluding hydrogens is 222 g/mol. The Labute approximate surface area is 97.0 Å². The van der Waals surface area contributed by atoms with Crippen LogP contribution in [0.3, 0.4) is 0 Å². The summed E-state index contributed by atoms with van der Waals surface area (Å²) in [6.45, 7) is 0.290. The molecule has 17 heavy (non-hydrogen) atoms. The molecule has 0 saturated heterocycles. The molecule has 6 nitrogen and oxygen atoms in total. The van der Waals surface area contributed by atoms with Crippen LogP contribution in [-0.4, -0.2) is 28.7 Å². The maximum Gasteiger partial charge on any atom is 0.311 e. The maximum atomic E-state index is 11.3. The fraction of sp³-hybridized carbons (Fsp3) is 0.182. The molecule has 2 aromatic rings. The summed E-state index contributed by atoms with van der Waals surface area (Å²) >= 11 is 0. The van der Waals surface area contributed by atoms with E-state index in [0.717, 1.165) is 11.1 Å². The molecule has 0 aliphatic carbocycles. The first-order valence-corrected chi connectivity index (χ1v) is 4.95. The number of primary amides is 1. The van der Waals surface area contributed by atoms with Crippen LogP contribution in [0.2, 0.25) is 0 Å². The van der Waals surface area contributed by atoms with Gasteiger partial charge in [0, 0.05) is 13.6 Å². The number of fused-ring (bicyclic) bond motifs is 1. The molecule has 88 valence electrons. The number of hydrogen-bond donors (Lipinski definition) is 1. The molecule has 0 spiro atoms. The van der Waals surface area contributed by atoms with Gasteiger partial charge >= 0.3 is 11.8 Å². The number of nitrogens with zero attached hydrogens (tertiary/aromatic N) is 2. The molecule has 0 unspecified atom stereocenters. The number of nitrogens with two attached hydrogens (primary N) is 1. The van der Waals surface area contributed by atoms with Crippen molar-refractivity contribution < 1.29 is 14.0 Å². The highest BCUT2D eigenvalue weighted by Crippen LogP contribution is 2.15. The number of benzene rings is 1. The van der Waals surface area contributed by atoms with E-state index in [1.807, 2.05) is 6.07 Å². The molecule has 2 amide bonds. The Morgan fingerprint density at radius 3 is 2.94 bits per heavy atom. The normalized spacial score (nSPS) is 10.4. The fourth-order valence-electron chi connectivity index (χ4n) is 1.53. The molecule has 0 bridgehead atoms. The molecule has 0 aliphatic heterocycles. The summed E-state index contributed by atoms with van der Waals surface area (Å²) in [4.78, 5) is 27.2. The lowest BCUT2D eigenvalue weighted by molar-refractivity contribution is -0.143. The second-order valence-corrected chi connectivity index (χ2v) is 3.68. The van der Waals surface area contributed by atoms with Crippen LogP contribution in [0.1, 0.15) is 5.56 Å². The zero-order valence-corrected chi connectivity index (χ0v) is 9.21. The highest BCUT2D eigenvalue weighted by atomic mass is 16.3. The van der Waals surface area contributed by atoms with Crippen molar-refractivity contribution in [3.8, 4) is 0 Å². The summed E-state index contributed by atoms with van der Waals surface area (Å²) in [6.07, 6.45) is 1.35. The van der Waals surface area contributed by atoms with Crippen LogP contribution in [0.5, 0.6) is 0 Å². The average molecular weight is 233 g/mol. The van der Waals surface area contributed by atoms with Crippen molar-refractivity contribution in [1.29, 1.82) is 0 Å². The van der Waals surface area contributed by atoms with Crippen LogP contribution in [0.15, 0.2) is 29.0 Å². The molecule has 1 aromatic heterocycles. The molecule has 0 fully saturated rings. The second kappa shape index (κ2) is 4.25. The van der Waals surface area contributed by atoms with Gasteiger partial charge in [0.1, 0.15) is 5.52 Å². The molecule has 2 rings (SSSR count). The minimum atomic E-state index is -0.965. The zero-order valence-electron chi connectivity index (χ0n) is 9.21. The van der Waals surface area contributed by atoms with Gasteiger partial charge in [0.2, 0.25) is 0 Å². The SMILES string of the molecule is CN(Cc1ccc2ncoc2c1)C(=O)C(N)=O. The van der Waals surface area contributed by atoms with E-state index in [2.05, 4.69) is 4.98 Å². The number of carbonyl (C=O) groups excluding carboxylic acids is 2. The molecule has 0 radical (unpaired) electrons. The van der Waals surface area contributed by atoms with E-state index in [9.17, 15) is 9.59 Å². The summed E-state index contributed by atoms with van der Waals surface area (Å²) in [5, 5.41) is 0. The quantitative estimate of drug-likeness (QED) is 0.754. The van der Waals surface area contributed by atoms with Crippen LogP contribution < -0.4 is 5.73 Å². The molecular formula is C11H11N3O3. The van der Waals surface area contributed by atoms with E-state index < -0.39 is 11.8 Å². The van der Waals surface area contributed by atoms with Gasteiger partial charge in [-0.15, -0.1) is 0 Å². The van der Waals surface area contributed by atoms with Crippen LogP contribution in [-0.2, 0) is 16.1 Å². The maximum absolute atomic E-state index is 11.3. The third kappa shape index (κ3) is 2.25. The Hall–Kier alpha value is -2.37. The fourth-order valence-corrected chi connectivity index (χ4v) is 1.53. The predicted molar refractivity (Wildman–Crippen MR) is 59.7 cm³/mol. The Kier molecular flexibility index (Phi) is 2.78. The van der Waals surface area contributed by atoms with Gasteiger partial charge in [-0.3, -0.25) is 9.59 Å². The van der Waals surface area contributed by atoms with Crippen molar-refractivity contribution >= 4 is 22.9 Å². The van der Waals surface area contributed by atoms with Crippen molar-refractivity contribution in [2.75, 3.05) is 7.05 Å². The van der Waals surface area contributed by atoms with Gasteiger partial charge in [0.25, 0.3) is 0 Å². The second-order valence-electron chi connectivity index (χ2n) is 3.68. The smallest absolute Gasteiger partial charge is 0.311 e. The average Bonchev–Trinajstić information content (AvgIpc) is 2.74. The van der Waals surface area contributed by atoms with Gasteiger partial charge in [0.15, 0.2) is 12.0 Å². The van der Waals surface area contributed by atoms with Crippen LogP contribution in [0.4, 0.5) is 0 Å². The molecule has 2 N–H and O–H groups in total. The Morgan fingerprint density at radius 2 is 2.24 bits per heavy atom. The molecule has 0 aliphatic rings. The van der Waals surface area contributed by atoms with E-state index >= 15 is 0 Å². The van der Waals surface area contributed by atoms with E-state index in [4.69, 9.17) is 10.2 Å². The van der Waals surface area contributed by atoms with Gasteiger partial charge in [-0.25, -0.2) is 4.98 Å². The molecule has 0 atom stereocenters. The summed E-state index contributed by atoms with van der Waals surface area (Å²) in [5.41, 5.74) is 7.13. The molecule has 1 aromatic carbocycles. The van der Waals surface area contributed by atoms with E-state index in [1.165, 1.54) is 18.3 Å². The largest absolute Gasteiger partial charge is 0.443 e. The van der Waals surface area contributed by atoms with Crippen LogP contribution >= 0.6 is 0 Å². The summed E-state index contributed by atoms with van der Waals surface area (Å²) in [7, 11) is 1.51. The van der Waals surface area contributed by atoms with Crippen molar-refractivity contribution in [3.05, 3.63) is 30.2 Å². The first kappa shape index (κ1) is 11.1. The number of carbonyl (C=O) groups is 2. The van der Waals surface area contributed by atoms with Gasteiger partial charge < -0.3 is 15.1 Å². The van der Waals surface area contributed by atoms with Gasteiger partial charge in [0.05, 0.1) is 0 Å². The number of amides is 2. The number of hydrogen-bond acceptors (Lipinski definition) is 4. The molecule has 1 heterocycles. The topological polar surface area (TPSA) is 89.4 Å². The first-order chi connectivity index (χ1) is 8.08. The lowest BCUT2D eigenvalue weighted by atomic mass is 10.2. The van der Waals surface area contributed by atoms with Crippen molar-refractivity contribution in [2.45, 2.75) is 6.54 Å². The number of likely N-dealkylation sites (N-methyl/N-ethyl adjacent to an activating group) is 1. The lowest BCUT2D eigenvalue weighted by Gasteiger charge is -2.14. The Bertz CT molecular complexity index is 576. The van der Waals surface area contributed by atoms with E-state index in [0.29, 0.717) is 12.1 Å². The third-order valence-corrected chi connectivity index (χ3v) is 2.37. The highest BCUT2D eigenvalue weighted by molar-refractivity contribution is 6.34. The molecule has 6 heteroatoms. The number of aromatic nitrogens is 1. The summed E-state index contributed by atoms with van der Waals surface area (Å²) in [5.74, 6) is -1.68. The number of rotatable bonds is 2. The minimum Gasteiger partial charge on any atom is -0.443 e. The minimum absolute atomic E-state index is 0.290. The van der Waals surface area contributed by atoms with Crippen molar-refractivity contribution in [2.24, 2.45) is 5.73 Å². The monoisotopic (exact) mass is 233 g/mol. The summed E-state index contributed by atoms with van der Waals surface area (Å²) < 4.78 is 5.14. The Morgan fingerprint density at radius 1 is 1.47 bits per heavy atom. The van der Waals surface area contributed by atoms with E-state index in [-0.39, 0.29) is 0 Å². The standard InChI is InChI=1S/C11H11N3O3/c1-14(11(16)10(12)15)5-7-2-3-8-9(4-7)17-6-13-8/h2-4,6H,5H2,1H3,(H2,12,15). The predicted octanol–water partition coefficient (Wildman–Crippen LogP) is 0.271. The molecule has 0 saturated carbocycles. The Balaban J connectivity index is 2.17. The zero-order chi connectivity index (χ0) is 12.4. The van der Waals surface area contributed by atoms with E-state index in [1.54, 1.807) is 12.1 Å². The van der Waals surface area contributed by atoms with Crippen molar-refractivity contribution in [3.63, 3.8) is 0 Å². The van der Waals surface area contributed by atoms with Crippen LogP contribution in [0.25, 0.3) is 11.1 Å². The summed E-state index contributed by atoms with van der Waals surface area (Å²) in [6, 6.07) is 5.37. The van der Waals surface area contributed by atoms with Gasteiger partial charge in [-0.2, -0.15) is 0 Å². The first-order valence-electron chi connectivity index (χ1n) is 4.95. The van der Waals surface area contributed by atoms with Crippen LogP contribution in [0, 0.1) is 0 Å².